The van der Waals surface area contributed by atoms with Gasteiger partial charge in [-0.05, 0) is 31.3 Å². The fourth-order valence-corrected chi connectivity index (χ4v) is 2.54. The van der Waals surface area contributed by atoms with Crippen molar-refractivity contribution in [3.63, 3.8) is 0 Å². The molecule has 0 amide bonds. The summed E-state index contributed by atoms with van der Waals surface area (Å²) in [7, 11) is 1.90. The van der Waals surface area contributed by atoms with Gasteiger partial charge in [-0.2, -0.15) is 11.8 Å². The molecule has 0 radical (unpaired) electrons. The number of likely N-dealkylation sites (tertiary alicyclic amines) is 1. The average Bonchev–Trinajstić information content (AvgIpc) is 2.41. The van der Waals surface area contributed by atoms with Gasteiger partial charge in [-0.1, -0.05) is 6.42 Å². The lowest BCUT2D eigenvalue weighted by Crippen LogP contribution is -2.40. The largest absolute Gasteiger partial charge is 0.366 e. The Bertz CT molecular complexity index is 173. The van der Waals surface area contributed by atoms with Gasteiger partial charge in [0.25, 0.3) is 0 Å². The second-order valence-corrected chi connectivity index (χ2v) is 4.88. The minimum absolute atomic E-state index is 0.758. The van der Waals surface area contributed by atoms with E-state index in [0.717, 1.165) is 23.5 Å². The summed E-state index contributed by atoms with van der Waals surface area (Å²) < 4.78 is 0. The van der Waals surface area contributed by atoms with Crippen molar-refractivity contribution in [2.75, 3.05) is 26.4 Å². The van der Waals surface area contributed by atoms with Crippen LogP contribution in [0.25, 0.3) is 0 Å². The van der Waals surface area contributed by atoms with Crippen LogP contribution in [0.1, 0.15) is 19.3 Å². The van der Waals surface area contributed by atoms with Gasteiger partial charge in [0, 0.05) is 25.4 Å². The third-order valence-corrected chi connectivity index (χ3v) is 3.98. The molecule has 76 valence electrons. The van der Waals surface area contributed by atoms with E-state index in [2.05, 4.69) is 16.5 Å². The molecule has 1 rings (SSSR count). The molecule has 13 heavy (non-hydrogen) atoms. The smallest absolute Gasteiger partial charge is 0.168 e. The van der Waals surface area contributed by atoms with Crippen LogP contribution in [0.15, 0.2) is 0 Å². The molecule has 0 spiro atoms. The van der Waals surface area contributed by atoms with E-state index in [1.165, 1.54) is 19.3 Å². The zero-order chi connectivity index (χ0) is 9.68. The van der Waals surface area contributed by atoms with E-state index in [-0.39, 0.29) is 0 Å². The van der Waals surface area contributed by atoms with Crippen LogP contribution in [-0.2, 0) is 0 Å². The van der Waals surface area contributed by atoms with Gasteiger partial charge in [0.2, 0.25) is 0 Å². The van der Waals surface area contributed by atoms with E-state index < -0.39 is 0 Å². The van der Waals surface area contributed by atoms with Gasteiger partial charge in [-0.25, -0.2) is 0 Å². The second kappa shape index (κ2) is 5.70. The SMILES string of the molecule is CNC(=S)N1CCCCC(SC)C1. The minimum Gasteiger partial charge on any atom is -0.366 e. The number of thioether (sulfide) groups is 1. The first-order valence-electron chi connectivity index (χ1n) is 4.77. The molecular formula is C9H18N2S2. The molecule has 0 aromatic rings. The maximum absolute atomic E-state index is 5.24. The summed E-state index contributed by atoms with van der Waals surface area (Å²) in [5.74, 6) is 0. The van der Waals surface area contributed by atoms with E-state index in [9.17, 15) is 0 Å². The standard InChI is InChI=1S/C9H18N2S2/c1-10-9(12)11-6-4-3-5-8(7-11)13-2/h8H,3-7H2,1-2H3,(H,10,12). The van der Waals surface area contributed by atoms with Gasteiger partial charge >= 0.3 is 0 Å². The molecule has 0 aromatic carbocycles. The monoisotopic (exact) mass is 218 g/mol. The summed E-state index contributed by atoms with van der Waals surface area (Å²) in [4.78, 5) is 2.30. The number of thiocarbonyl (C=S) groups is 1. The first-order valence-corrected chi connectivity index (χ1v) is 6.47. The Hall–Kier alpha value is 0.0400. The number of nitrogens with one attached hydrogen (secondary N) is 1. The maximum Gasteiger partial charge on any atom is 0.168 e. The van der Waals surface area contributed by atoms with Crippen LogP contribution < -0.4 is 5.32 Å². The molecule has 1 N–H and O–H groups in total. The fraction of sp³-hybridized carbons (Fsp3) is 0.889. The average molecular weight is 218 g/mol. The van der Waals surface area contributed by atoms with Crippen LogP contribution in [0.2, 0.25) is 0 Å². The first-order chi connectivity index (χ1) is 6.27. The predicted octanol–water partition coefficient (Wildman–Crippen LogP) is 1.71. The number of hydrogen-bond donors (Lipinski definition) is 1. The highest BCUT2D eigenvalue weighted by atomic mass is 32.2. The lowest BCUT2D eigenvalue weighted by molar-refractivity contribution is 0.435. The summed E-state index contributed by atoms with van der Waals surface area (Å²) in [6, 6.07) is 0. The lowest BCUT2D eigenvalue weighted by atomic mass is 10.2. The molecule has 0 aromatic heterocycles. The molecule has 4 heteroatoms. The zero-order valence-corrected chi connectivity index (χ0v) is 10.0. The van der Waals surface area contributed by atoms with Gasteiger partial charge in [-0.15, -0.1) is 0 Å². The van der Waals surface area contributed by atoms with Crippen LogP contribution >= 0.6 is 24.0 Å². The van der Waals surface area contributed by atoms with Gasteiger partial charge in [-0.3, -0.25) is 0 Å². The predicted molar refractivity (Wildman–Crippen MR) is 64.4 cm³/mol. The normalized spacial score (nSPS) is 23.8. The van der Waals surface area contributed by atoms with Crippen molar-refractivity contribution in [2.45, 2.75) is 24.5 Å². The van der Waals surface area contributed by atoms with Crippen LogP contribution in [0.5, 0.6) is 0 Å². The Morgan fingerprint density at radius 3 is 2.92 bits per heavy atom. The molecule has 1 aliphatic heterocycles. The fourth-order valence-electron chi connectivity index (χ4n) is 1.64. The summed E-state index contributed by atoms with van der Waals surface area (Å²) in [5.41, 5.74) is 0. The zero-order valence-electron chi connectivity index (χ0n) is 8.38. The van der Waals surface area contributed by atoms with Crippen molar-refractivity contribution >= 4 is 29.1 Å². The highest BCUT2D eigenvalue weighted by Gasteiger charge is 2.18. The van der Waals surface area contributed by atoms with E-state index in [4.69, 9.17) is 12.2 Å². The molecule has 2 nitrogen and oxygen atoms in total. The Morgan fingerprint density at radius 2 is 2.31 bits per heavy atom. The van der Waals surface area contributed by atoms with Gasteiger partial charge in [0.15, 0.2) is 5.11 Å². The Balaban J connectivity index is 2.48. The Morgan fingerprint density at radius 1 is 1.54 bits per heavy atom. The molecule has 0 aliphatic carbocycles. The quantitative estimate of drug-likeness (QED) is 0.674. The number of nitrogens with zero attached hydrogens (tertiary/aromatic N) is 1. The molecule has 0 saturated carbocycles. The van der Waals surface area contributed by atoms with Gasteiger partial charge in [0.05, 0.1) is 0 Å². The van der Waals surface area contributed by atoms with E-state index in [0.29, 0.717) is 0 Å². The van der Waals surface area contributed by atoms with Crippen molar-refractivity contribution in [1.29, 1.82) is 0 Å². The van der Waals surface area contributed by atoms with Crippen LogP contribution in [0.4, 0.5) is 0 Å². The Labute approximate surface area is 90.4 Å². The lowest BCUT2D eigenvalue weighted by Gasteiger charge is -2.25. The second-order valence-electron chi connectivity index (χ2n) is 3.35. The van der Waals surface area contributed by atoms with Crippen molar-refractivity contribution in [3.8, 4) is 0 Å². The summed E-state index contributed by atoms with van der Waals surface area (Å²) >= 11 is 7.20. The molecule has 1 unspecified atom stereocenters. The minimum atomic E-state index is 0.758. The maximum atomic E-state index is 5.24. The van der Waals surface area contributed by atoms with E-state index in [1.54, 1.807) is 0 Å². The Kier molecular flexibility index (Phi) is 4.88. The van der Waals surface area contributed by atoms with Gasteiger partial charge in [0.1, 0.15) is 0 Å². The molecule has 1 aliphatic rings. The highest BCUT2D eigenvalue weighted by molar-refractivity contribution is 7.99. The molecule has 0 bridgehead atoms. The molecule has 1 heterocycles. The van der Waals surface area contributed by atoms with E-state index in [1.807, 2.05) is 18.8 Å². The molecular weight excluding hydrogens is 200 g/mol. The number of hydrogen-bond acceptors (Lipinski definition) is 2. The molecule has 1 saturated heterocycles. The molecule has 1 atom stereocenters. The first kappa shape index (κ1) is 11.1. The van der Waals surface area contributed by atoms with Crippen molar-refractivity contribution in [1.82, 2.24) is 10.2 Å². The summed E-state index contributed by atoms with van der Waals surface area (Å²) in [6.07, 6.45) is 6.15. The summed E-state index contributed by atoms with van der Waals surface area (Å²) in [5, 5.41) is 4.72. The van der Waals surface area contributed by atoms with Gasteiger partial charge < -0.3 is 10.2 Å². The molecule has 1 fully saturated rings. The van der Waals surface area contributed by atoms with Crippen LogP contribution in [0, 0.1) is 0 Å². The number of rotatable bonds is 1. The van der Waals surface area contributed by atoms with Crippen molar-refractivity contribution in [3.05, 3.63) is 0 Å². The topological polar surface area (TPSA) is 15.3 Å². The van der Waals surface area contributed by atoms with Crippen LogP contribution in [-0.4, -0.2) is 41.7 Å². The van der Waals surface area contributed by atoms with Crippen molar-refractivity contribution < 1.29 is 0 Å². The van der Waals surface area contributed by atoms with Crippen molar-refractivity contribution in [2.24, 2.45) is 0 Å². The third kappa shape index (κ3) is 3.35. The van der Waals surface area contributed by atoms with E-state index >= 15 is 0 Å². The summed E-state index contributed by atoms with van der Waals surface area (Å²) in [6.45, 7) is 2.23. The highest BCUT2D eigenvalue weighted by Crippen LogP contribution is 2.19. The third-order valence-electron chi connectivity index (χ3n) is 2.46. The van der Waals surface area contributed by atoms with Crippen LogP contribution in [0.3, 0.4) is 0 Å².